The first-order valence-electron chi connectivity index (χ1n) is 4.68. The van der Waals surface area contributed by atoms with Crippen molar-refractivity contribution in [3.63, 3.8) is 0 Å². The van der Waals surface area contributed by atoms with E-state index in [-0.39, 0.29) is 0 Å². The van der Waals surface area contributed by atoms with E-state index in [0.717, 1.165) is 13.1 Å². The van der Waals surface area contributed by atoms with Gasteiger partial charge >= 0.3 is 0 Å². The van der Waals surface area contributed by atoms with E-state index < -0.39 is 0 Å². The van der Waals surface area contributed by atoms with Gasteiger partial charge in [0.2, 0.25) is 0 Å². The standard InChI is InChI=1S/C10H12BrN3S/c1-12-6-8-2-4-13-14(8)7-10-9(11)3-5-15-10/h2-5,12H,6-7H2,1H3. The van der Waals surface area contributed by atoms with Crippen LogP contribution in [0.3, 0.4) is 0 Å². The Bertz CT molecular complexity index is 435. The molecule has 0 aromatic carbocycles. The Kier molecular flexibility index (Phi) is 3.56. The summed E-state index contributed by atoms with van der Waals surface area (Å²) < 4.78 is 3.19. The average molecular weight is 286 g/mol. The van der Waals surface area contributed by atoms with Crippen LogP contribution >= 0.6 is 27.3 Å². The number of rotatable bonds is 4. The zero-order chi connectivity index (χ0) is 10.7. The first-order valence-corrected chi connectivity index (χ1v) is 6.35. The molecule has 1 N–H and O–H groups in total. The Morgan fingerprint density at radius 1 is 1.53 bits per heavy atom. The van der Waals surface area contributed by atoms with Gasteiger partial charge in [0.25, 0.3) is 0 Å². The number of nitrogens with zero attached hydrogens (tertiary/aromatic N) is 2. The minimum atomic E-state index is 0.836. The van der Waals surface area contributed by atoms with Crippen molar-refractivity contribution in [2.75, 3.05) is 7.05 Å². The molecule has 0 aliphatic rings. The largest absolute Gasteiger partial charge is 0.314 e. The first kappa shape index (κ1) is 10.9. The van der Waals surface area contributed by atoms with Crippen molar-refractivity contribution in [2.45, 2.75) is 13.1 Å². The van der Waals surface area contributed by atoms with E-state index in [1.165, 1.54) is 15.0 Å². The fraction of sp³-hybridized carbons (Fsp3) is 0.300. The highest BCUT2D eigenvalue weighted by molar-refractivity contribution is 9.10. The maximum Gasteiger partial charge on any atom is 0.0767 e. The molecule has 0 radical (unpaired) electrons. The number of nitrogens with one attached hydrogen (secondary N) is 1. The lowest BCUT2D eigenvalue weighted by atomic mass is 10.4. The molecule has 0 saturated heterocycles. The summed E-state index contributed by atoms with van der Waals surface area (Å²) in [5.41, 5.74) is 1.21. The van der Waals surface area contributed by atoms with Crippen LogP contribution in [-0.4, -0.2) is 16.8 Å². The molecule has 2 heterocycles. The second kappa shape index (κ2) is 4.92. The van der Waals surface area contributed by atoms with E-state index in [9.17, 15) is 0 Å². The van der Waals surface area contributed by atoms with Crippen molar-refractivity contribution in [3.8, 4) is 0 Å². The van der Waals surface area contributed by atoms with Crippen molar-refractivity contribution in [2.24, 2.45) is 0 Å². The molecule has 0 amide bonds. The number of hydrogen-bond acceptors (Lipinski definition) is 3. The maximum absolute atomic E-state index is 4.31. The fourth-order valence-corrected chi connectivity index (χ4v) is 2.87. The summed E-state index contributed by atoms with van der Waals surface area (Å²) in [6, 6.07) is 4.11. The topological polar surface area (TPSA) is 29.9 Å². The Morgan fingerprint density at radius 2 is 2.40 bits per heavy atom. The summed E-state index contributed by atoms with van der Waals surface area (Å²) in [7, 11) is 1.94. The second-order valence-corrected chi connectivity index (χ2v) is 5.06. The van der Waals surface area contributed by atoms with Crippen LogP contribution in [0.2, 0.25) is 0 Å². The molecule has 5 heteroatoms. The third kappa shape index (κ3) is 2.48. The number of aromatic nitrogens is 2. The van der Waals surface area contributed by atoms with Crippen LogP contribution in [0, 0.1) is 0 Å². The van der Waals surface area contributed by atoms with Crippen LogP contribution in [0.15, 0.2) is 28.2 Å². The van der Waals surface area contributed by atoms with E-state index in [0.29, 0.717) is 0 Å². The van der Waals surface area contributed by atoms with Gasteiger partial charge in [-0.25, -0.2) is 0 Å². The van der Waals surface area contributed by atoms with E-state index in [1.807, 2.05) is 24.0 Å². The van der Waals surface area contributed by atoms with Crippen LogP contribution in [0.1, 0.15) is 10.6 Å². The van der Waals surface area contributed by atoms with Gasteiger partial charge in [-0.2, -0.15) is 5.10 Å². The zero-order valence-electron chi connectivity index (χ0n) is 8.40. The number of thiophene rings is 1. The van der Waals surface area contributed by atoms with Crippen molar-refractivity contribution in [3.05, 3.63) is 38.8 Å². The van der Waals surface area contributed by atoms with Gasteiger partial charge in [-0.15, -0.1) is 11.3 Å². The summed E-state index contributed by atoms with van der Waals surface area (Å²) >= 11 is 5.28. The second-order valence-electron chi connectivity index (χ2n) is 3.20. The van der Waals surface area contributed by atoms with Crippen molar-refractivity contribution in [1.29, 1.82) is 0 Å². The van der Waals surface area contributed by atoms with E-state index in [1.54, 1.807) is 11.3 Å². The van der Waals surface area contributed by atoms with Crippen LogP contribution in [0.4, 0.5) is 0 Å². The predicted molar refractivity (Wildman–Crippen MR) is 66.1 cm³/mol. The highest BCUT2D eigenvalue weighted by Crippen LogP contribution is 2.23. The van der Waals surface area contributed by atoms with E-state index in [2.05, 4.69) is 37.8 Å². The van der Waals surface area contributed by atoms with Crippen LogP contribution in [0.25, 0.3) is 0 Å². The smallest absolute Gasteiger partial charge is 0.0767 e. The van der Waals surface area contributed by atoms with Crippen molar-refractivity contribution >= 4 is 27.3 Å². The Balaban J connectivity index is 2.17. The Morgan fingerprint density at radius 3 is 3.07 bits per heavy atom. The minimum Gasteiger partial charge on any atom is -0.314 e. The van der Waals surface area contributed by atoms with Gasteiger partial charge in [0, 0.05) is 22.1 Å². The third-order valence-electron chi connectivity index (χ3n) is 2.15. The molecule has 2 aromatic heterocycles. The molecule has 0 bridgehead atoms. The number of hydrogen-bond donors (Lipinski definition) is 1. The van der Waals surface area contributed by atoms with Crippen LogP contribution in [0.5, 0.6) is 0 Å². The van der Waals surface area contributed by atoms with Crippen molar-refractivity contribution in [1.82, 2.24) is 15.1 Å². The highest BCUT2D eigenvalue weighted by atomic mass is 79.9. The van der Waals surface area contributed by atoms with Gasteiger partial charge in [-0.05, 0) is 40.5 Å². The summed E-state index contributed by atoms with van der Waals surface area (Å²) in [5.74, 6) is 0. The number of halogens is 1. The molecular weight excluding hydrogens is 274 g/mol. The first-order chi connectivity index (χ1) is 7.31. The SMILES string of the molecule is CNCc1ccnn1Cc1sccc1Br. The fourth-order valence-electron chi connectivity index (χ4n) is 1.41. The van der Waals surface area contributed by atoms with Crippen LogP contribution < -0.4 is 5.32 Å². The van der Waals surface area contributed by atoms with Gasteiger partial charge in [0.05, 0.1) is 12.2 Å². The monoisotopic (exact) mass is 285 g/mol. The highest BCUT2D eigenvalue weighted by Gasteiger charge is 2.06. The van der Waals surface area contributed by atoms with Gasteiger partial charge in [-0.1, -0.05) is 0 Å². The van der Waals surface area contributed by atoms with Crippen molar-refractivity contribution < 1.29 is 0 Å². The average Bonchev–Trinajstić information content (AvgIpc) is 2.80. The molecular formula is C10H12BrN3S. The Hall–Kier alpha value is -0.650. The lowest BCUT2D eigenvalue weighted by Gasteiger charge is -2.05. The third-order valence-corrected chi connectivity index (χ3v) is 4.06. The molecule has 2 aromatic rings. The van der Waals surface area contributed by atoms with Gasteiger partial charge in [0.1, 0.15) is 0 Å². The molecule has 0 unspecified atom stereocenters. The van der Waals surface area contributed by atoms with Gasteiger partial charge in [0.15, 0.2) is 0 Å². The zero-order valence-corrected chi connectivity index (χ0v) is 10.8. The molecule has 80 valence electrons. The lowest BCUT2D eigenvalue weighted by Crippen LogP contribution is -2.12. The van der Waals surface area contributed by atoms with E-state index >= 15 is 0 Å². The lowest BCUT2D eigenvalue weighted by molar-refractivity contribution is 0.626. The summed E-state index contributed by atoms with van der Waals surface area (Å²) in [4.78, 5) is 1.30. The maximum atomic E-state index is 4.31. The summed E-state index contributed by atoms with van der Waals surface area (Å²) in [6.45, 7) is 1.69. The van der Waals surface area contributed by atoms with E-state index in [4.69, 9.17) is 0 Å². The van der Waals surface area contributed by atoms with Crippen LogP contribution in [-0.2, 0) is 13.1 Å². The quantitative estimate of drug-likeness (QED) is 0.935. The molecule has 2 rings (SSSR count). The Labute approximate surface area is 101 Å². The summed E-state index contributed by atoms with van der Waals surface area (Å²) in [6.07, 6.45) is 1.84. The van der Waals surface area contributed by atoms with Gasteiger partial charge < -0.3 is 5.32 Å². The molecule has 0 fully saturated rings. The van der Waals surface area contributed by atoms with Gasteiger partial charge in [-0.3, -0.25) is 4.68 Å². The molecule has 0 aliphatic heterocycles. The molecule has 0 atom stereocenters. The summed E-state index contributed by atoms with van der Waals surface area (Å²) in [5, 5.41) is 9.53. The molecule has 0 spiro atoms. The normalized spacial score (nSPS) is 10.8. The minimum absolute atomic E-state index is 0.836. The molecule has 15 heavy (non-hydrogen) atoms. The molecule has 0 saturated carbocycles. The molecule has 0 aliphatic carbocycles. The predicted octanol–water partition coefficient (Wildman–Crippen LogP) is 2.47. The molecule has 3 nitrogen and oxygen atoms in total.